The topological polar surface area (TPSA) is 0 Å². The van der Waals surface area contributed by atoms with Gasteiger partial charge in [0.15, 0.2) is 0 Å². The van der Waals surface area contributed by atoms with E-state index in [0.717, 1.165) is 0 Å². The van der Waals surface area contributed by atoms with E-state index < -0.39 is 24.2 Å². The van der Waals surface area contributed by atoms with Crippen LogP contribution in [0.15, 0.2) is 0 Å². The lowest BCUT2D eigenvalue weighted by molar-refractivity contribution is 1.20. The summed E-state index contributed by atoms with van der Waals surface area (Å²) in [6.45, 7) is 8.35. The van der Waals surface area contributed by atoms with Crippen LogP contribution in [-0.2, 0) is 0 Å². The fraction of sp³-hybridized carbons (Fsp3) is 1.00. The summed E-state index contributed by atoms with van der Waals surface area (Å²) in [5.74, 6) is 0. The van der Waals surface area contributed by atoms with E-state index in [1.165, 1.54) is 0 Å². The summed E-state index contributed by atoms with van der Waals surface area (Å²) in [5.41, 5.74) is 11.1. The van der Waals surface area contributed by atoms with Gasteiger partial charge in [0.2, 0.25) is 0 Å². The SMILES string of the molecule is C[Si]12C[Si]3C[Si](C)(C1)C[Si](C)(C3)C2. The van der Waals surface area contributed by atoms with Crippen molar-refractivity contribution < 1.29 is 0 Å². The van der Waals surface area contributed by atoms with Gasteiger partial charge in [-0.3, -0.25) is 0 Å². The van der Waals surface area contributed by atoms with E-state index in [9.17, 15) is 0 Å². The molecule has 0 saturated carbocycles. The molecule has 0 aromatic carbocycles. The van der Waals surface area contributed by atoms with Crippen molar-refractivity contribution in [3.8, 4) is 0 Å². The summed E-state index contributed by atoms with van der Waals surface area (Å²) in [7, 11) is -1.46. The summed E-state index contributed by atoms with van der Waals surface area (Å²) in [4.78, 5) is 0. The molecule has 4 fully saturated rings. The first kappa shape index (κ1) is 9.12. The highest BCUT2D eigenvalue weighted by atomic mass is 28.5. The summed E-state index contributed by atoms with van der Waals surface area (Å²) in [6, 6.07) is 0. The van der Waals surface area contributed by atoms with Crippen LogP contribution in [0, 0.1) is 0 Å². The molecule has 0 atom stereocenters. The zero-order chi connectivity index (χ0) is 9.32. The Kier molecular flexibility index (Phi) is 1.64. The van der Waals surface area contributed by atoms with Gasteiger partial charge >= 0.3 is 0 Å². The van der Waals surface area contributed by atoms with Gasteiger partial charge < -0.3 is 0 Å². The predicted molar refractivity (Wildman–Crippen MR) is 69.5 cm³/mol. The van der Waals surface area contributed by atoms with Crippen LogP contribution in [-0.4, -0.2) is 33.0 Å². The minimum absolute atomic E-state index is 0.264. The molecule has 4 bridgehead atoms. The molecule has 4 heterocycles. The van der Waals surface area contributed by atoms with Crippen LogP contribution < -0.4 is 0 Å². The molecule has 4 rings (SSSR count). The van der Waals surface area contributed by atoms with Crippen molar-refractivity contribution >= 4 is 33.0 Å². The van der Waals surface area contributed by atoms with Crippen molar-refractivity contribution in [1.82, 2.24) is 0 Å². The highest BCUT2D eigenvalue weighted by Crippen LogP contribution is 2.55. The van der Waals surface area contributed by atoms with Gasteiger partial charge in [-0.25, -0.2) is 0 Å². The van der Waals surface area contributed by atoms with E-state index in [4.69, 9.17) is 0 Å². The van der Waals surface area contributed by atoms with Crippen LogP contribution in [0.2, 0.25) is 53.6 Å². The van der Waals surface area contributed by atoms with E-state index in [0.29, 0.717) is 0 Å². The van der Waals surface area contributed by atoms with Crippen LogP contribution in [0.25, 0.3) is 0 Å². The molecular weight excluding hydrogens is 220 g/mol. The Morgan fingerprint density at radius 3 is 1.23 bits per heavy atom. The van der Waals surface area contributed by atoms with Gasteiger partial charge in [0.05, 0.1) is 0 Å². The average Bonchev–Trinajstić information content (AvgIpc) is 1.71. The highest BCUT2D eigenvalue weighted by Gasteiger charge is 2.60. The largest absolute Gasteiger partial charge is 0.0698 e. The van der Waals surface area contributed by atoms with Gasteiger partial charge in [-0.15, -0.1) is 0 Å². The Hall–Kier alpha value is 0.868. The lowest BCUT2D eigenvalue weighted by Crippen LogP contribution is -2.70. The maximum absolute atomic E-state index is 2.78. The third kappa shape index (κ3) is 1.32. The monoisotopic (exact) mass is 241 g/mol. The Labute approximate surface area is 86.8 Å². The fourth-order valence-electron chi connectivity index (χ4n) is 5.65. The van der Waals surface area contributed by atoms with Gasteiger partial charge in [-0.05, 0) is 0 Å². The molecule has 0 amide bonds. The van der Waals surface area contributed by atoms with Crippen LogP contribution in [0.5, 0.6) is 0 Å². The second-order valence-corrected chi connectivity index (χ2v) is 28.1. The highest BCUT2D eigenvalue weighted by molar-refractivity contribution is 7.25. The van der Waals surface area contributed by atoms with Crippen molar-refractivity contribution in [3.63, 3.8) is 0 Å². The van der Waals surface area contributed by atoms with E-state index >= 15 is 0 Å². The van der Waals surface area contributed by atoms with Crippen LogP contribution >= 0.6 is 0 Å². The smallest absolute Gasteiger partial charge is 0.0423 e. The molecular formula is C9H21Si4. The first-order valence-corrected chi connectivity index (χ1v) is 17.2. The van der Waals surface area contributed by atoms with Gasteiger partial charge in [-0.2, -0.15) is 0 Å². The molecule has 0 unspecified atom stereocenters. The zero-order valence-electron chi connectivity index (χ0n) is 9.24. The summed E-state index contributed by atoms with van der Waals surface area (Å²) >= 11 is 0. The molecule has 13 heavy (non-hydrogen) atoms. The van der Waals surface area contributed by atoms with Gasteiger partial charge in [0.25, 0.3) is 0 Å². The minimum atomic E-state index is -0.576. The molecule has 0 aliphatic carbocycles. The van der Waals surface area contributed by atoms with Gasteiger partial charge in [-0.1, -0.05) is 53.6 Å². The first-order valence-electron chi connectivity index (χ1n) is 5.74. The van der Waals surface area contributed by atoms with Gasteiger partial charge in [0, 0.05) is 33.0 Å². The molecule has 4 saturated heterocycles. The molecule has 0 aromatic rings. The van der Waals surface area contributed by atoms with Crippen LogP contribution in [0.4, 0.5) is 0 Å². The van der Waals surface area contributed by atoms with E-state index in [-0.39, 0.29) is 8.80 Å². The third-order valence-corrected chi connectivity index (χ3v) is 41.3. The van der Waals surface area contributed by atoms with Crippen molar-refractivity contribution in [2.45, 2.75) is 53.6 Å². The Bertz CT molecular complexity index is 214. The van der Waals surface area contributed by atoms with Crippen molar-refractivity contribution in [3.05, 3.63) is 0 Å². The Balaban J connectivity index is 2.03. The molecule has 1 radical (unpaired) electrons. The molecule has 4 aliphatic heterocycles. The summed E-state index contributed by atoms with van der Waals surface area (Å²) in [5, 5.41) is 0. The van der Waals surface area contributed by atoms with E-state index in [1.54, 1.807) is 0 Å². The lowest BCUT2D eigenvalue weighted by Gasteiger charge is -2.62. The fourth-order valence-corrected chi connectivity index (χ4v) is 64.4. The molecule has 0 N–H and O–H groups in total. The second-order valence-electron chi connectivity index (χ2n) is 7.24. The van der Waals surface area contributed by atoms with Crippen molar-refractivity contribution in [2.75, 3.05) is 0 Å². The molecule has 4 heteroatoms. The third-order valence-electron chi connectivity index (χ3n) is 4.59. The zero-order valence-corrected chi connectivity index (χ0v) is 13.2. The maximum atomic E-state index is 2.78. The van der Waals surface area contributed by atoms with Crippen LogP contribution in [0.3, 0.4) is 0 Å². The number of rotatable bonds is 0. The average molecular weight is 242 g/mol. The van der Waals surface area contributed by atoms with Crippen molar-refractivity contribution in [2.24, 2.45) is 0 Å². The number of hydrogen-bond donors (Lipinski definition) is 0. The number of hydrogen-bond acceptors (Lipinski definition) is 0. The molecule has 73 valence electrons. The first-order chi connectivity index (χ1) is 5.91. The standard InChI is InChI=1S/C9H21Si4/c1-11-4-10-5-12(2,7-11)9-13(3,6-10)8-11/h4-9H2,1-3H3. The predicted octanol–water partition coefficient (Wildman–Crippen LogP) is 2.99. The Morgan fingerprint density at radius 2 is 1.00 bits per heavy atom. The Morgan fingerprint density at radius 1 is 0.692 bits per heavy atom. The molecule has 0 nitrogen and oxygen atoms in total. The van der Waals surface area contributed by atoms with Crippen LogP contribution in [0.1, 0.15) is 0 Å². The van der Waals surface area contributed by atoms with Gasteiger partial charge in [0.1, 0.15) is 0 Å². The van der Waals surface area contributed by atoms with Crippen molar-refractivity contribution in [1.29, 1.82) is 0 Å². The second kappa shape index (κ2) is 2.33. The quantitative estimate of drug-likeness (QED) is 0.572. The molecule has 4 aliphatic rings. The molecule has 0 spiro atoms. The van der Waals surface area contributed by atoms with E-state index in [2.05, 4.69) is 19.6 Å². The lowest BCUT2D eigenvalue weighted by atomic mass is 11.6. The molecule has 0 aromatic heterocycles. The maximum Gasteiger partial charge on any atom is 0.0423 e. The van der Waals surface area contributed by atoms with E-state index in [1.807, 2.05) is 34.0 Å². The normalized spacial score (nSPS) is 60.2. The minimum Gasteiger partial charge on any atom is -0.0698 e. The summed E-state index contributed by atoms with van der Waals surface area (Å²) < 4.78 is 0. The summed E-state index contributed by atoms with van der Waals surface area (Å²) in [6.07, 6.45) is 0.